The molecule has 2 N–H and O–H groups in total. The molecule has 0 fully saturated rings. The van der Waals surface area contributed by atoms with E-state index < -0.39 is 0 Å². The third kappa shape index (κ3) is 2.15. The molecule has 1 heterocycles. The van der Waals surface area contributed by atoms with Gasteiger partial charge in [-0.15, -0.1) is 0 Å². The molecule has 2 rings (SSSR count). The second-order valence-corrected chi connectivity index (χ2v) is 3.46. The summed E-state index contributed by atoms with van der Waals surface area (Å²) in [6.45, 7) is 2.29. The Balaban J connectivity index is 2.44. The number of hydrogen-bond donors (Lipinski definition) is 1. The second kappa shape index (κ2) is 4.74. The number of nitrogen functional groups attached to an aromatic ring is 1. The summed E-state index contributed by atoms with van der Waals surface area (Å²) in [6.07, 6.45) is 1.46. The zero-order valence-electron chi connectivity index (χ0n) is 9.47. The Labute approximate surface area is 99.0 Å². The number of nitrogens with two attached hydrogens (primary N) is 1. The maximum absolute atomic E-state index is 12.1. The van der Waals surface area contributed by atoms with Crippen molar-refractivity contribution in [3.63, 3.8) is 0 Å². The van der Waals surface area contributed by atoms with Crippen molar-refractivity contribution in [2.24, 2.45) is 0 Å². The lowest BCUT2D eigenvalue weighted by Crippen LogP contribution is -2.06. The van der Waals surface area contributed by atoms with E-state index in [4.69, 9.17) is 14.9 Å². The largest absolute Gasteiger partial charge is 0.491 e. The zero-order chi connectivity index (χ0) is 12.3. The molecule has 1 aromatic carbocycles. The summed E-state index contributed by atoms with van der Waals surface area (Å²) in [5, 5.41) is 0. The smallest absolute Gasteiger partial charge is 0.231 e. The molecule has 0 atom stereocenters. The molecule has 0 bridgehead atoms. The van der Waals surface area contributed by atoms with Crippen molar-refractivity contribution < 1.29 is 13.9 Å². The fourth-order valence-electron chi connectivity index (χ4n) is 1.58. The summed E-state index contributed by atoms with van der Waals surface area (Å²) in [5.74, 6) is 0.457. The molecule has 0 unspecified atom stereocenters. The molecular formula is C13H13NO3. The van der Waals surface area contributed by atoms with Crippen LogP contribution in [0.4, 0.5) is 5.69 Å². The standard InChI is InChI=1S/C13H13NO3/c1-2-16-13-9(5-3-6-10(13)14)12(15)11-7-4-8-17-11/h3-8H,2,14H2,1H3. The van der Waals surface area contributed by atoms with E-state index in [1.807, 2.05) is 6.92 Å². The average molecular weight is 231 g/mol. The first-order valence-electron chi connectivity index (χ1n) is 5.33. The van der Waals surface area contributed by atoms with Crippen LogP contribution in [0.2, 0.25) is 0 Å². The van der Waals surface area contributed by atoms with Crippen molar-refractivity contribution in [3.8, 4) is 5.75 Å². The molecule has 0 spiro atoms. The van der Waals surface area contributed by atoms with E-state index in [0.29, 0.717) is 23.6 Å². The Kier molecular flexibility index (Phi) is 3.14. The second-order valence-electron chi connectivity index (χ2n) is 3.46. The molecule has 2 aromatic rings. The number of rotatable bonds is 4. The maximum atomic E-state index is 12.1. The van der Waals surface area contributed by atoms with Crippen LogP contribution >= 0.6 is 0 Å². The van der Waals surface area contributed by atoms with E-state index in [2.05, 4.69) is 0 Å². The Bertz CT molecular complexity index is 517. The Morgan fingerprint density at radius 1 is 1.35 bits per heavy atom. The highest BCUT2D eigenvalue weighted by Crippen LogP contribution is 2.28. The van der Waals surface area contributed by atoms with Gasteiger partial charge < -0.3 is 14.9 Å². The number of para-hydroxylation sites is 1. The molecule has 0 aliphatic carbocycles. The lowest BCUT2D eigenvalue weighted by molar-refractivity contribution is 0.101. The summed E-state index contributed by atoms with van der Waals surface area (Å²) in [6, 6.07) is 8.37. The number of ether oxygens (including phenoxy) is 1. The quantitative estimate of drug-likeness (QED) is 0.648. The van der Waals surface area contributed by atoms with Gasteiger partial charge in [0.25, 0.3) is 0 Å². The summed E-state index contributed by atoms with van der Waals surface area (Å²) in [4.78, 5) is 12.1. The topological polar surface area (TPSA) is 65.5 Å². The molecule has 17 heavy (non-hydrogen) atoms. The van der Waals surface area contributed by atoms with Gasteiger partial charge in [0.1, 0.15) is 0 Å². The van der Waals surface area contributed by atoms with E-state index in [1.54, 1.807) is 30.3 Å². The number of ketones is 1. The summed E-state index contributed by atoms with van der Waals surface area (Å²) < 4.78 is 10.5. The van der Waals surface area contributed by atoms with Crippen LogP contribution in [-0.2, 0) is 0 Å². The van der Waals surface area contributed by atoms with Crippen LogP contribution in [0, 0.1) is 0 Å². The zero-order valence-corrected chi connectivity index (χ0v) is 9.47. The van der Waals surface area contributed by atoms with E-state index >= 15 is 0 Å². The summed E-state index contributed by atoms with van der Waals surface area (Å²) in [5.41, 5.74) is 6.66. The molecule has 0 aliphatic rings. The predicted octanol–water partition coefficient (Wildman–Crippen LogP) is 2.49. The van der Waals surface area contributed by atoms with Gasteiger partial charge >= 0.3 is 0 Å². The number of hydrogen-bond acceptors (Lipinski definition) is 4. The van der Waals surface area contributed by atoms with Gasteiger partial charge in [-0.2, -0.15) is 0 Å². The van der Waals surface area contributed by atoms with E-state index in [-0.39, 0.29) is 11.5 Å². The average Bonchev–Trinajstić information content (AvgIpc) is 2.85. The van der Waals surface area contributed by atoms with Gasteiger partial charge in [0.15, 0.2) is 11.5 Å². The normalized spacial score (nSPS) is 10.2. The van der Waals surface area contributed by atoms with Crippen molar-refractivity contribution in [1.29, 1.82) is 0 Å². The number of carbonyl (C=O) groups is 1. The molecule has 0 saturated heterocycles. The van der Waals surface area contributed by atoms with Gasteiger partial charge in [-0.25, -0.2) is 0 Å². The number of furan rings is 1. The fourth-order valence-corrected chi connectivity index (χ4v) is 1.58. The minimum absolute atomic E-state index is 0.231. The predicted molar refractivity (Wildman–Crippen MR) is 64.2 cm³/mol. The monoisotopic (exact) mass is 231 g/mol. The van der Waals surface area contributed by atoms with Gasteiger partial charge in [0, 0.05) is 0 Å². The fraction of sp³-hybridized carbons (Fsp3) is 0.154. The van der Waals surface area contributed by atoms with Crippen LogP contribution < -0.4 is 10.5 Å². The van der Waals surface area contributed by atoms with Crippen LogP contribution in [-0.4, -0.2) is 12.4 Å². The van der Waals surface area contributed by atoms with E-state index in [0.717, 1.165) is 0 Å². The van der Waals surface area contributed by atoms with Crippen LogP contribution in [0.3, 0.4) is 0 Å². The molecular weight excluding hydrogens is 218 g/mol. The van der Waals surface area contributed by atoms with Crippen molar-refractivity contribution in [1.82, 2.24) is 0 Å². The third-order valence-corrected chi connectivity index (χ3v) is 2.32. The Morgan fingerprint density at radius 3 is 2.82 bits per heavy atom. The molecule has 1 aromatic heterocycles. The highest BCUT2D eigenvalue weighted by molar-refractivity contribution is 6.09. The van der Waals surface area contributed by atoms with Gasteiger partial charge in [-0.05, 0) is 31.2 Å². The third-order valence-electron chi connectivity index (χ3n) is 2.32. The summed E-state index contributed by atoms with van der Waals surface area (Å²) >= 11 is 0. The van der Waals surface area contributed by atoms with Crippen molar-refractivity contribution in [3.05, 3.63) is 47.9 Å². The van der Waals surface area contributed by atoms with E-state index in [9.17, 15) is 4.79 Å². The van der Waals surface area contributed by atoms with Gasteiger partial charge in [0.2, 0.25) is 5.78 Å². The molecule has 0 amide bonds. The molecule has 88 valence electrons. The first-order valence-corrected chi connectivity index (χ1v) is 5.33. The number of carbonyl (C=O) groups excluding carboxylic acids is 1. The molecule has 0 radical (unpaired) electrons. The lowest BCUT2D eigenvalue weighted by atomic mass is 10.1. The van der Waals surface area contributed by atoms with Crippen LogP contribution in [0.25, 0.3) is 0 Å². The van der Waals surface area contributed by atoms with Crippen molar-refractivity contribution >= 4 is 11.5 Å². The van der Waals surface area contributed by atoms with Gasteiger partial charge in [-0.3, -0.25) is 4.79 Å². The van der Waals surface area contributed by atoms with Crippen LogP contribution in [0.1, 0.15) is 23.0 Å². The highest BCUT2D eigenvalue weighted by atomic mass is 16.5. The Morgan fingerprint density at radius 2 is 2.18 bits per heavy atom. The van der Waals surface area contributed by atoms with Crippen molar-refractivity contribution in [2.45, 2.75) is 6.92 Å². The number of benzene rings is 1. The van der Waals surface area contributed by atoms with Gasteiger partial charge in [-0.1, -0.05) is 6.07 Å². The lowest BCUT2D eigenvalue weighted by Gasteiger charge is -2.10. The maximum Gasteiger partial charge on any atom is 0.231 e. The first-order chi connectivity index (χ1) is 8.24. The molecule has 4 nitrogen and oxygen atoms in total. The highest BCUT2D eigenvalue weighted by Gasteiger charge is 2.18. The molecule has 0 saturated carbocycles. The van der Waals surface area contributed by atoms with Crippen LogP contribution in [0.15, 0.2) is 41.0 Å². The SMILES string of the molecule is CCOc1c(N)cccc1C(=O)c1ccco1. The molecule has 4 heteroatoms. The Hall–Kier alpha value is -2.23. The summed E-state index contributed by atoms with van der Waals surface area (Å²) in [7, 11) is 0. The number of anilines is 1. The van der Waals surface area contributed by atoms with Crippen LogP contribution in [0.5, 0.6) is 5.75 Å². The van der Waals surface area contributed by atoms with E-state index in [1.165, 1.54) is 6.26 Å². The minimum Gasteiger partial charge on any atom is -0.491 e. The van der Waals surface area contributed by atoms with Gasteiger partial charge in [0.05, 0.1) is 24.1 Å². The first kappa shape index (κ1) is 11.3. The molecule has 0 aliphatic heterocycles. The van der Waals surface area contributed by atoms with Crippen molar-refractivity contribution in [2.75, 3.05) is 12.3 Å². The minimum atomic E-state index is -0.231.